The van der Waals surface area contributed by atoms with E-state index in [0.717, 1.165) is 37.1 Å². The molecule has 5 rings (SSSR count). The number of ether oxygens (including phenoxy) is 2. The van der Waals surface area contributed by atoms with Crippen molar-refractivity contribution in [1.82, 2.24) is 29.9 Å². The number of aliphatic carboxylic acids is 1. The van der Waals surface area contributed by atoms with Gasteiger partial charge in [0.05, 0.1) is 35.5 Å². The molecule has 10 heteroatoms. The van der Waals surface area contributed by atoms with E-state index in [2.05, 4.69) is 20.3 Å². The minimum Gasteiger partial charge on any atom is -0.489 e. The molecule has 2 aliphatic carbocycles. The third-order valence-corrected chi connectivity index (χ3v) is 6.31. The average Bonchev–Trinajstić information content (AvgIpc) is 3.57. The van der Waals surface area contributed by atoms with E-state index in [4.69, 9.17) is 14.5 Å². The zero-order chi connectivity index (χ0) is 23.7. The SMILES string of the molecule is Cc1nc(-c2nnn(C)c2Cc2nccc(OC3CC3)n2)ccc1O[C@H]1CCC[C@H](C(=O)O)C1. The molecule has 0 saturated heterocycles. The van der Waals surface area contributed by atoms with E-state index in [1.165, 1.54) is 0 Å². The zero-order valence-electron chi connectivity index (χ0n) is 19.3. The van der Waals surface area contributed by atoms with Gasteiger partial charge in [-0.3, -0.25) is 9.48 Å². The second kappa shape index (κ2) is 9.36. The lowest BCUT2D eigenvalue weighted by atomic mass is 9.87. The lowest BCUT2D eigenvalue weighted by Crippen LogP contribution is -2.29. The van der Waals surface area contributed by atoms with E-state index in [-0.39, 0.29) is 18.1 Å². The smallest absolute Gasteiger partial charge is 0.306 e. The van der Waals surface area contributed by atoms with Gasteiger partial charge in [0.1, 0.15) is 23.4 Å². The minimum absolute atomic E-state index is 0.115. The predicted octanol–water partition coefficient (Wildman–Crippen LogP) is 3.13. The summed E-state index contributed by atoms with van der Waals surface area (Å²) in [6, 6.07) is 5.51. The standard InChI is InChI=1S/C24H28N6O4/c1-14-20(33-17-5-3-4-15(12-17)24(31)32)9-8-18(26-14)23-19(30(2)29-28-23)13-21-25-11-10-22(27-21)34-16-6-7-16/h8-11,15-17H,3-7,12-13H2,1-2H3,(H,31,32)/t15-,17-/m0/s1. The predicted molar refractivity (Wildman–Crippen MR) is 121 cm³/mol. The van der Waals surface area contributed by atoms with Crippen molar-refractivity contribution in [1.29, 1.82) is 0 Å². The quantitative estimate of drug-likeness (QED) is 0.535. The number of hydrogen-bond acceptors (Lipinski definition) is 8. The Kier molecular flexibility index (Phi) is 6.12. The molecular weight excluding hydrogens is 436 g/mol. The van der Waals surface area contributed by atoms with E-state index >= 15 is 0 Å². The highest BCUT2D eigenvalue weighted by Crippen LogP contribution is 2.31. The maximum absolute atomic E-state index is 11.4. The van der Waals surface area contributed by atoms with Gasteiger partial charge in [-0.1, -0.05) is 5.21 Å². The molecular formula is C24H28N6O4. The zero-order valence-corrected chi connectivity index (χ0v) is 19.3. The molecule has 3 heterocycles. The van der Waals surface area contributed by atoms with Gasteiger partial charge < -0.3 is 14.6 Å². The molecule has 0 spiro atoms. The second-order valence-corrected chi connectivity index (χ2v) is 9.04. The van der Waals surface area contributed by atoms with Crippen molar-refractivity contribution in [3.63, 3.8) is 0 Å². The highest BCUT2D eigenvalue weighted by atomic mass is 16.5. The van der Waals surface area contributed by atoms with Crippen LogP contribution in [-0.4, -0.2) is 53.2 Å². The fraction of sp³-hybridized carbons (Fsp3) is 0.500. The molecule has 178 valence electrons. The maximum Gasteiger partial charge on any atom is 0.306 e. The summed E-state index contributed by atoms with van der Waals surface area (Å²) in [5.41, 5.74) is 2.92. The number of hydrogen-bond donors (Lipinski definition) is 1. The van der Waals surface area contributed by atoms with Crippen molar-refractivity contribution in [2.24, 2.45) is 13.0 Å². The Morgan fingerprint density at radius 1 is 1.12 bits per heavy atom. The van der Waals surface area contributed by atoms with E-state index in [1.54, 1.807) is 16.9 Å². The molecule has 2 aliphatic rings. The van der Waals surface area contributed by atoms with Crippen molar-refractivity contribution >= 4 is 5.97 Å². The van der Waals surface area contributed by atoms with Crippen LogP contribution in [0.2, 0.25) is 0 Å². The van der Waals surface area contributed by atoms with Crippen LogP contribution < -0.4 is 9.47 Å². The lowest BCUT2D eigenvalue weighted by Gasteiger charge is -2.27. The largest absolute Gasteiger partial charge is 0.489 e. The third-order valence-electron chi connectivity index (χ3n) is 6.31. The van der Waals surface area contributed by atoms with Crippen LogP contribution in [0.4, 0.5) is 0 Å². The summed E-state index contributed by atoms with van der Waals surface area (Å²) in [4.78, 5) is 25.0. The van der Waals surface area contributed by atoms with E-state index < -0.39 is 5.97 Å². The third kappa shape index (κ3) is 5.00. The first-order valence-electron chi connectivity index (χ1n) is 11.7. The lowest BCUT2D eigenvalue weighted by molar-refractivity contribution is -0.143. The Balaban J connectivity index is 1.33. The first-order chi connectivity index (χ1) is 16.5. The summed E-state index contributed by atoms with van der Waals surface area (Å²) in [6.45, 7) is 1.88. The Bertz CT molecular complexity index is 1190. The van der Waals surface area contributed by atoms with Crippen LogP contribution in [0.5, 0.6) is 11.6 Å². The Morgan fingerprint density at radius 3 is 2.74 bits per heavy atom. The summed E-state index contributed by atoms with van der Waals surface area (Å²) in [6.07, 6.45) is 7.38. The van der Waals surface area contributed by atoms with Gasteiger partial charge in [0, 0.05) is 19.3 Å². The van der Waals surface area contributed by atoms with Crippen molar-refractivity contribution < 1.29 is 19.4 Å². The number of aryl methyl sites for hydroxylation is 2. The van der Waals surface area contributed by atoms with Crippen LogP contribution in [0.3, 0.4) is 0 Å². The van der Waals surface area contributed by atoms with Crippen molar-refractivity contribution in [2.45, 2.75) is 64.1 Å². The Labute approximate surface area is 197 Å². The molecule has 0 aliphatic heterocycles. The molecule has 2 fully saturated rings. The first kappa shape index (κ1) is 22.2. The number of carboxylic acid groups (broad SMARTS) is 1. The molecule has 10 nitrogen and oxygen atoms in total. The van der Waals surface area contributed by atoms with Crippen LogP contribution in [0.15, 0.2) is 24.4 Å². The average molecular weight is 465 g/mol. The van der Waals surface area contributed by atoms with Crippen LogP contribution >= 0.6 is 0 Å². The molecule has 3 aromatic heterocycles. The topological polar surface area (TPSA) is 125 Å². The fourth-order valence-corrected chi connectivity index (χ4v) is 4.27. The number of pyridine rings is 1. The number of rotatable bonds is 8. The fourth-order valence-electron chi connectivity index (χ4n) is 4.27. The molecule has 2 atom stereocenters. The van der Waals surface area contributed by atoms with Gasteiger partial charge in [-0.05, 0) is 57.6 Å². The van der Waals surface area contributed by atoms with Gasteiger partial charge in [-0.15, -0.1) is 5.10 Å². The molecule has 3 aromatic rings. The summed E-state index contributed by atoms with van der Waals surface area (Å²) >= 11 is 0. The number of nitrogens with zero attached hydrogens (tertiary/aromatic N) is 6. The number of carbonyl (C=O) groups is 1. The molecule has 0 bridgehead atoms. The van der Waals surface area contributed by atoms with Crippen LogP contribution in [0, 0.1) is 12.8 Å². The molecule has 34 heavy (non-hydrogen) atoms. The Morgan fingerprint density at radius 2 is 1.97 bits per heavy atom. The highest BCUT2D eigenvalue weighted by molar-refractivity contribution is 5.70. The van der Waals surface area contributed by atoms with Gasteiger partial charge in [-0.25, -0.2) is 9.97 Å². The molecule has 0 amide bonds. The van der Waals surface area contributed by atoms with E-state index in [1.807, 2.05) is 26.1 Å². The number of aromatic nitrogens is 6. The molecule has 0 radical (unpaired) electrons. The van der Waals surface area contributed by atoms with Crippen molar-refractivity contribution in [3.05, 3.63) is 41.6 Å². The van der Waals surface area contributed by atoms with Gasteiger partial charge in [0.15, 0.2) is 0 Å². The van der Waals surface area contributed by atoms with Crippen LogP contribution in [0.1, 0.15) is 55.7 Å². The minimum atomic E-state index is -0.748. The van der Waals surface area contributed by atoms with Gasteiger partial charge in [-0.2, -0.15) is 4.98 Å². The second-order valence-electron chi connectivity index (χ2n) is 9.04. The number of carboxylic acids is 1. The molecule has 0 aromatic carbocycles. The summed E-state index contributed by atoms with van der Waals surface area (Å²) < 4.78 is 13.6. The summed E-state index contributed by atoms with van der Waals surface area (Å²) in [5, 5.41) is 17.9. The summed E-state index contributed by atoms with van der Waals surface area (Å²) in [5.74, 6) is 0.795. The van der Waals surface area contributed by atoms with Crippen molar-refractivity contribution in [2.75, 3.05) is 0 Å². The molecule has 2 saturated carbocycles. The van der Waals surface area contributed by atoms with Crippen molar-refractivity contribution in [3.8, 4) is 23.0 Å². The maximum atomic E-state index is 11.4. The van der Waals surface area contributed by atoms with E-state index in [9.17, 15) is 9.90 Å². The normalized spacial score (nSPS) is 20.2. The molecule has 1 N–H and O–H groups in total. The van der Waals surface area contributed by atoms with Gasteiger partial charge in [0.2, 0.25) is 5.88 Å². The monoisotopic (exact) mass is 464 g/mol. The van der Waals surface area contributed by atoms with E-state index in [0.29, 0.717) is 48.1 Å². The van der Waals surface area contributed by atoms with Gasteiger partial charge in [0.25, 0.3) is 0 Å². The first-order valence-corrected chi connectivity index (χ1v) is 11.7. The molecule has 0 unspecified atom stereocenters. The van der Waals surface area contributed by atoms with Crippen LogP contribution in [0.25, 0.3) is 11.4 Å². The Hall–Kier alpha value is -3.56. The highest BCUT2D eigenvalue weighted by Gasteiger charge is 2.29. The van der Waals surface area contributed by atoms with Gasteiger partial charge >= 0.3 is 5.97 Å². The summed E-state index contributed by atoms with van der Waals surface area (Å²) in [7, 11) is 1.84. The van der Waals surface area contributed by atoms with Crippen LogP contribution in [-0.2, 0) is 18.3 Å².